The van der Waals surface area contributed by atoms with Crippen LogP contribution in [-0.4, -0.2) is 16.8 Å². The van der Waals surface area contributed by atoms with Gasteiger partial charge in [0.15, 0.2) is 5.75 Å². The molecular weight excluding hydrogens is 483 g/mol. The number of hydrogen-bond acceptors (Lipinski definition) is 3. The van der Waals surface area contributed by atoms with Crippen molar-refractivity contribution >= 4 is 52.8 Å². The highest BCUT2D eigenvalue weighted by Crippen LogP contribution is 2.36. The lowest BCUT2D eigenvalue weighted by atomic mass is 10.1. The SMILES string of the molecule is Cc1ccc(CN2C(=O)N/C(=C/c3cc(Cl)c(OCc4ccccc4Cl)c(Cl)c3)C2=O)cc1. The summed E-state index contributed by atoms with van der Waals surface area (Å²) in [5.41, 5.74) is 3.45. The first-order valence-electron chi connectivity index (χ1n) is 10.1. The lowest BCUT2D eigenvalue weighted by Gasteiger charge is -2.12. The lowest BCUT2D eigenvalue weighted by Crippen LogP contribution is -2.30. The van der Waals surface area contributed by atoms with Gasteiger partial charge in [0.25, 0.3) is 5.91 Å². The van der Waals surface area contributed by atoms with Crippen LogP contribution in [0.2, 0.25) is 15.1 Å². The lowest BCUT2D eigenvalue weighted by molar-refractivity contribution is -0.123. The molecule has 3 aromatic carbocycles. The van der Waals surface area contributed by atoms with Crippen molar-refractivity contribution in [2.24, 2.45) is 0 Å². The van der Waals surface area contributed by atoms with Gasteiger partial charge in [-0.25, -0.2) is 4.79 Å². The molecule has 0 spiro atoms. The second kappa shape index (κ2) is 9.87. The Morgan fingerprint density at radius 1 is 0.939 bits per heavy atom. The number of aryl methyl sites for hydroxylation is 1. The average molecular weight is 502 g/mol. The molecule has 1 saturated heterocycles. The minimum Gasteiger partial charge on any atom is -0.486 e. The van der Waals surface area contributed by atoms with Crippen molar-refractivity contribution in [3.05, 3.63) is 104 Å². The van der Waals surface area contributed by atoms with Crippen molar-refractivity contribution in [3.8, 4) is 5.75 Å². The molecule has 0 aromatic heterocycles. The number of carbonyl (C=O) groups is 2. The number of amides is 3. The van der Waals surface area contributed by atoms with Crippen molar-refractivity contribution < 1.29 is 14.3 Å². The van der Waals surface area contributed by atoms with E-state index < -0.39 is 11.9 Å². The number of rotatable bonds is 6. The van der Waals surface area contributed by atoms with Crippen molar-refractivity contribution in [1.82, 2.24) is 10.2 Å². The van der Waals surface area contributed by atoms with Gasteiger partial charge in [0, 0.05) is 10.6 Å². The number of imide groups is 1. The van der Waals surface area contributed by atoms with Crippen molar-refractivity contribution in [1.29, 1.82) is 0 Å². The Bertz CT molecular complexity index is 1230. The summed E-state index contributed by atoms with van der Waals surface area (Å²) in [5, 5.41) is 3.73. The summed E-state index contributed by atoms with van der Waals surface area (Å²) >= 11 is 18.9. The Hall–Kier alpha value is -2.99. The molecule has 0 unspecified atom stereocenters. The van der Waals surface area contributed by atoms with Crippen LogP contribution in [-0.2, 0) is 17.9 Å². The minimum atomic E-state index is -0.483. The van der Waals surface area contributed by atoms with Crippen LogP contribution in [0.1, 0.15) is 22.3 Å². The number of ether oxygens (including phenoxy) is 1. The molecule has 4 rings (SSSR count). The third-order valence-corrected chi connectivity index (χ3v) is 6.02. The molecule has 3 aromatic rings. The van der Waals surface area contributed by atoms with Crippen LogP contribution >= 0.6 is 34.8 Å². The predicted molar refractivity (Wildman–Crippen MR) is 130 cm³/mol. The largest absolute Gasteiger partial charge is 0.486 e. The highest BCUT2D eigenvalue weighted by atomic mass is 35.5. The van der Waals surface area contributed by atoms with E-state index in [2.05, 4.69) is 5.32 Å². The molecule has 0 bridgehead atoms. The first-order chi connectivity index (χ1) is 15.8. The van der Waals surface area contributed by atoms with Gasteiger partial charge in [-0.1, -0.05) is 82.8 Å². The van der Waals surface area contributed by atoms with Crippen LogP contribution < -0.4 is 10.1 Å². The Morgan fingerprint density at radius 2 is 1.61 bits per heavy atom. The molecule has 0 saturated carbocycles. The summed E-state index contributed by atoms with van der Waals surface area (Å²) in [4.78, 5) is 26.3. The van der Waals surface area contributed by atoms with Crippen LogP contribution in [0.5, 0.6) is 5.75 Å². The molecular formula is C25H19Cl3N2O3. The molecule has 3 amide bonds. The van der Waals surface area contributed by atoms with E-state index in [0.29, 0.717) is 16.3 Å². The Labute approximate surface area is 206 Å². The molecule has 1 fully saturated rings. The van der Waals surface area contributed by atoms with Gasteiger partial charge in [-0.2, -0.15) is 0 Å². The highest BCUT2D eigenvalue weighted by Gasteiger charge is 2.33. The van der Waals surface area contributed by atoms with E-state index in [1.54, 1.807) is 18.2 Å². The summed E-state index contributed by atoms with van der Waals surface area (Å²) in [6, 6.07) is 17.7. The molecule has 0 radical (unpaired) electrons. The van der Waals surface area contributed by atoms with Gasteiger partial charge in [-0.05, 0) is 42.3 Å². The molecule has 0 aliphatic carbocycles. The summed E-state index contributed by atoms with van der Waals surface area (Å²) in [7, 11) is 0. The van der Waals surface area contributed by atoms with Crippen LogP contribution in [0.3, 0.4) is 0 Å². The van der Waals surface area contributed by atoms with E-state index >= 15 is 0 Å². The van der Waals surface area contributed by atoms with Crippen molar-refractivity contribution in [3.63, 3.8) is 0 Å². The van der Waals surface area contributed by atoms with Crippen molar-refractivity contribution in [2.75, 3.05) is 0 Å². The Kier molecular flexibility index (Phi) is 6.94. The number of benzene rings is 3. The third-order valence-electron chi connectivity index (χ3n) is 5.09. The summed E-state index contributed by atoms with van der Waals surface area (Å²) in [6.45, 7) is 2.35. The standard InChI is InChI=1S/C25H19Cl3N2O3/c1-15-6-8-16(9-7-15)13-30-24(31)22(29-25(30)32)12-17-10-20(27)23(21(28)11-17)33-14-18-4-2-3-5-19(18)26/h2-12H,13-14H2,1H3,(H,29,32)/b22-12+. The zero-order chi connectivity index (χ0) is 23.5. The molecule has 168 valence electrons. The van der Waals surface area contributed by atoms with Crippen LogP contribution in [0.4, 0.5) is 4.79 Å². The van der Waals surface area contributed by atoms with E-state index in [0.717, 1.165) is 21.6 Å². The quantitative estimate of drug-likeness (QED) is 0.305. The summed E-state index contributed by atoms with van der Waals surface area (Å²) < 4.78 is 5.78. The van der Waals surface area contributed by atoms with Crippen molar-refractivity contribution in [2.45, 2.75) is 20.1 Å². The normalized spacial score (nSPS) is 14.7. The zero-order valence-electron chi connectivity index (χ0n) is 17.6. The van der Waals surface area contributed by atoms with Gasteiger partial charge < -0.3 is 10.1 Å². The Balaban J connectivity index is 1.50. The molecule has 0 atom stereocenters. The second-order valence-electron chi connectivity index (χ2n) is 7.56. The van der Waals surface area contributed by atoms with E-state index in [9.17, 15) is 9.59 Å². The number of nitrogens with zero attached hydrogens (tertiary/aromatic N) is 1. The first kappa shape index (κ1) is 23.2. The minimum absolute atomic E-state index is 0.143. The fourth-order valence-corrected chi connectivity index (χ4v) is 4.13. The highest BCUT2D eigenvalue weighted by molar-refractivity contribution is 6.37. The maximum absolute atomic E-state index is 12.8. The first-order valence-corrected chi connectivity index (χ1v) is 11.2. The Morgan fingerprint density at radius 3 is 2.27 bits per heavy atom. The maximum Gasteiger partial charge on any atom is 0.329 e. The van der Waals surface area contributed by atoms with E-state index in [-0.39, 0.29) is 28.9 Å². The van der Waals surface area contributed by atoms with Crippen LogP contribution in [0, 0.1) is 6.92 Å². The third kappa shape index (κ3) is 5.33. The van der Waals surface area contributed by atoms with Gasteiger partial charge >= 0.3 is 6.03 Å². The van der Waals surface area contributed by atoms with Crippen LogP contribution in [0.25, 0.3) is 6.08 Å². The fourth-order valence-electron chi connectivity index (χ4n) is 3.32. The number of halogens is 3. The molecule has 33 heavy (non-hydrogen) atoms. The van der Waals surface area contributed by atoms with Gasteiger partial charge in [0.2, 0.25) is 0 Å². The smallest absolute Gasteiger partial charge is 0.329 e. The average Bonchev–Trinajstić information content (AvgIpc) is 3.03. The molecule has 1 N–H and O–H groups in total. The topological polar surface area (TPSA) is 58.6 Å². The summed E-state index contributed by atoms with van der Waals surface area (Å²) in [5.74, 6) is -0.116. The number of carbonyl (C=O) groups excluding carboxylic acids is 2. The summed E-state index contributed by atoms with van der Waals surface area (Å²) in [6.07, 6.45) is 1.53. The number of nitrogens with one attached hydrogen (secondary N) is 1. The molecule has 1 aliphatic heterocycles. The van der Waals surface area contributed by atoms with Crippen LogP contribution in [0.15, 0.2) is 66.4 Å². The van der Waals surface area contributed by atoms with Gasteiger partial charge in [0.1, 0.15) is 12.3 Å². The van der Waals surface area contributed by atoms with Gasteiger partial charge in [-0.15, -0.1) is 0 Å². The fraction of sp³-hybridized carbons (Fsp3) is 0.120. The van der Waals surface area contributed by atoms with E-state index in [1.807, 2.05) is 49.4 Å². The number of hydrogen-bond donors (Lipinski definition) is 1. The maximum atomic E-state index is 12.8. The van der Waals surface area contributed by atoms with E-state index in [4.69, 9.17) is 39.5 Å². The predicted octanol–water partition coefficient (Wildman–Crippen LogP) is 6.63. The van der Waals surface area contributed by atoms with Gasteiger partial charge in [0.05, 0.1) is 16.6 Å². The van der Waals surface area contributed by atoms with Gasteiger partial charge in [-0.3, -0.25) is 9.69 Å². The molecule has 1 aliphatic rings. The monoisotopic (exact) mass is 500 g/mol. The molecule has 1 heterocycles. The molecule has 8 heteroatoms. The van der Waals surface area contributed by atoms with E-state index in [1.165, 1.54) is 6.08 Å². The second-order valence-corrected chi connectivity index (χ2v) is 8.78. The zero-order valence-corrected chi connectivity index (χ0v) is 19.8. The number of urea groups is 1. The molecule has 5 nitrogen and oxygen atoms in total.